The molecule has 126 valence electrons. The zero-order valence-electron chi connectivity index (χ0n) is 14.0. The first-order valence-electron chi connectivity index (χ1n) is 8.61. The number of carbonyl (C=O) groups is 1. The molecule has 6 heteroatoms. The van der Waals surface area contributed by atoms with Crippen LogP contribution in [0.25, 0.3) is 0 Å². The van der Waals surface area contributed by atoms with Crippen LogP contribution in [0.15, 0.2) is 0 Å². The molecule has 0 aromatic carbocycles. The van der Waals surface area contributed by atoms with E-state index in [-0.39, 0.29) is 5.92 Å². The number of nitrogens with one attached hydrogen (secondary N) is 1. The molecule has 0 unspecified atom stereocenters. The highest BCUT2D eigenvalue weighted by Crippen LogP contribution is 2.31. The second kappa shape index (κ2) is 6.72. The lowest BCUT2D eigenvalue weighted by molar-refractivity contribution is -0.142. The molecule has 0 spiro atoms. The Morgan fingerprint density at radius 1 is 1.13 bits per heavy atom. The Kier molecular flexibility index (Phi) is 4.68. The zero-order valence-corrected chi connectivity index (χ0v) is 14.0. The van der Waals surface area contributed by atoms with Crippen molar-refractivity contribution in [3.05, 3.63) is 11.3 Å². The predicted octanol–water partition coefficient (Wildman–Crippen LogP) is 2.48. The number of nitrogens with zero attached hydrogens (tertiary/aromatic N) is 3. The van der Waals surface area contributed by atoms with Gasteiger partial charge in [0.25, 0.3) is 0 Å². The standard InChI is InChI=1S/C17H26N4O2/c1-21(2)17-19-14-6-4-3-5-13(14)15(20-17)18-12-9-7-11(8-10-12)16(22)23/h11-12H,3-10H2,1-2H3,(H,22,23)(H,18,19,20). The highest BCUT2D eigenvalue weighted by Gasteiger charge is 2.27. The van der Waals surface area contributed by atoms with Gasteiger partial charge in [0.05, 0.1) is 11.6 Å². The fourth-order valence-electron chi connectivity index (χ4n) is 3.58. The first-order chi connectivity index (χ1) is 11.0. The quantitative estimate of drug-likeness (QED) is 0.888. The minimum Gasteiger partial charge on any atom is -0.481 e. The van der Waals surface area contributed by atoms with Crippen LogP contribution in [0.2, 0.25) is 0 Å². The monoisotopic (exact) mass is 318 g/mol. The van der Waals surface area contributed by atoms with Gasteiger partial charge >= 0.3 is 5.97 Å². The molecule has 0 aliphatic heterocycles. The Bertz CT molecular complexity index is 580. The van der Waals surface area contributed by atoms with Gasteiger partial charge in [-0.05, 0) is 51.4 Å². The van der Waals surface area contributed by atoms with E-state index in [4.69, 9.17) is 15.1 Å². The number of hydrogen-bond donors (Lipinski definition) is 2. The molecule has 0 saturated heterocycles. The first-order valence-corrected chi connectivity index (χ1v) is 8.61. The summed E-state index contributed by atoms with van der Waals surface area (Å²) in [6, 6.07) is 0.321. The van der Waals surface area contributed by atoms with Crippen LogP contribution in [0.4, 0.5) is 11.8 Å². The van der Waals surface area contributed by atoms with E-state index in [9.17, 15) is 4.79 Å². The van der Waals surface area contributed by atoms with E-state index in [0.717, 1.165) is 50.3 Å². The van der Waals surface area contributed by atoms with Gasteiger partial charge in [0.2, 0.25) is 5.95 Å². The summed E-state index contributed by atoms with van der Waals surface area (Å²) in [5, 5.41) is 12.7. The minimum absolute atomic E-state index is 0.176. The average molecular weight is 318 g/mol. The predicted molar refractivity (Wildman–Crippen MR) is 90.0 cm³/mol. The Balaban J connectivity index is 1.77. The van der Waals surface area contributed by atoms with Crippen molar-refractivity contribution in [2.75, 3.05) is 24.3 Å². The number of fused-ring (bicyclic) bond motifs is 1. The number of carboxylic acids is 1. The summed E-state index contributed by atoms with van der Waals surface area (Å²) >= 11 is 0. The molecule has 23 heavy (non-hydrogen) atoms. The number of anilines is 2. The van der Waals surface area contributed by atoms with Gasteiger partial charge < -0.3 is 15.3 Å². The Morgan fingerprint density at radius 2 is 1.83 bits per heavy atom. The van der Waals surface area contributed by atoms with E-state index in [2.05, 4.69) is 5.32 Å². The normalized spacial score (nSPS) is 23.9. The van der Waals surface area contributed by atoms with Crippen molar-refractivity contribution in [1.29, 1.82) is 0 Å². The van der Waals surface area contributed by atoms with Crippen LogP contribution < -0.4 is 10.2 Å². The smallest absolute Gasteiger partial charge is 0.306 e. The lowest BCUT2D eigenvalue weighted by Gasteiger charge is -2.29. The summed E-state index contributed by atoms with van der Waals surface area (Å²) in [5.74, 6) is 0.895. The van der Waals surface area contributed by atoms with Crippen molar-refractivity contribution in [2.24, 2.45) is 5.92 Å². The van der Waals surface area contributed by atoms with Crippen LogP contribution >= 0.6 is 0 Å². The van der Waals surface area contributed by atoms with Crippen LogP contribution in [0, 0.1) is 5.92 Å². The Hall–Kier alpha value is -1.85. The maximum atomic E-state index is 11.1. The second-order valence-electron chi connectivity index (χ2n) is 6.93. The fraction of sp³-hybridized carbons (Fsp3) is 0.706. The van der Waals surface area contributed by atoms with E-state index in [1.807, 2.05) is 19.0 Å². The van der Waals surface area contributed by atoms with Crippen LogP contribution in [0.5, 0.6) is 0 Å². The maximum Gasteiger partial charge on any atom is 0.306 e. The number of aryl methyl sites for hydroxylation is 1. The molecule has 2 aliphatic carbocycles. The topological polar surface area (TPSA) is 78.4 Å². The van der Waals surface area contributed by atoms with Crippen molar-refractivity contribution in [2.45, 2.75) is 57.4 Å². The third-order valence-corrected chi connectivity index (χ3v) is 4.99. The van der Waals surface area contributed by atoms with Crippen molar-refractivity contribution in [3.8, 4) is 0 Å². The Labute approximate surface area is 137 Å². The molecule has 1 heterocycles. The SMILES string of the molecule is CN(C)c1nc2c(c(NC3CCC(C(=O)O)CC3)n1)CCCC2. The zero-order chi connectivity index (χ0) is 16.4. The van der Waals surface area contributed by atoms with Crippen molar-refractivity contribution >= 4 is 17.7 Å². The number of aromatic nitrogens is 2. The summed E-state index contributed by atoms with van der Waals surface area (Å²) in [6.45, 7) is 0. The molecule has 2 aliphatic rings. The Morgan fingerprint density at radius 3 is 2.48 bits per heavy atom. The third-order valence-electron chi connectivity index (χ3n) is 4.99. The van der Waals surface area contributed by atoms with Crippen molar-refractivity contribution in [3.63, 3.8) is 0 Å². The van der Waals surface area contributed by atoms with E-state index in [1.165, 1.54) is 24.1 Å². The lowest BCUT2D eigenvalue weighted by atomic mass is 9.86. The van der Waals surface area contributed by atoms with Crippen molar-refractivity contribution in [1.82, 2.24) is 9.97 Å². The molecule has 6 nitrogen and oxygen atoms in total. The average Bonchev–Trinajstić information content (AvgIpc) is 2.55. The summed E-state index contributed by atoms with van der Waals surface area (Å²) < 4.78 is 0. The van der Waals surface area contributed by atoms with E-state index in [1.54, 1.807) is 0 Å². The van der Waals surface area contributed by atoms with Crippen LogP contribution in [-0.2, 0) is 17.6 Å². The second-order valence-corrected chi connectivity index (χ2v) is 6.93. The fourth-order valence-corrected chi connectivity index (χ4v) is 3.58. The molecule has 0 radical (unpaired) electrons. The molecule has 1 aromatic heterocycles. The van der Waals surface area contributed by atoms with Gasteiger partial charge in [-0.3, -0.25) is 4.79 Å². The van der Waals surface area contributed by atoms with E-state index >= 15 is 0 Å². The molecule has 0 atom stereocenters. The molecule has 1 saturated carbocycles. The van der Waals surface area contributed by atoms with Gasteiger partial charge in [-0.2, -0.15) is 4.98 Å². The van der Waals surface area contributed by atoms with E-state index < -0.39 is 5.97 Å². The van der Waals surface area contributed by atoms with Gasteiger partial charge in [-0.1, -0.05) is 0 Å². The molecular formula is C17H26N4O2. The van der Waals surface area contributed by atoms with Crippen molar-refractivity contribution < 1.29 is 9.90 Å². The number of hydrogen-bond acceptors (Lipinski definition) is 5. The minimum atomic E-state index is -0.655. The van der Waals surface area contributed by atoms with Gasteiger partial charge in [0.1, 0.15) is 5.82 Å². The largest absolute Gasteiger partial charge is 0.481 e. The molecule has 0 bridgehead atoms. The third kappa shape index (κ3) is 3.57. The summed E-state index contributed by atoms with van der Waals surface area (Å²) in [5.41, 5.74) is 2.44. The lowest BCUT2D eigenvalue weighted by Crippen LogP contribution is -2.30. The highest BCUT2D eigenvalue weighted by molar-refractivity contribution is 5.70. The number of carboxylic acid groups (broad SMARTS) is 1. The maximum absolute atomic E-state index is 11.1. The van der Waals surface area contributed by atoms with Gasteiger partial charge in [0, 0.05) is 25.7 Å². The van der Waals surface area contributed by atoms with Gasteiger partial charge in [-0.25, -0.2) is 4.98 Å². The molecule has 1 aromatic rings. The summed E-state index contributed by atoms with van der Waals surface area (Å²) in [7, 11) is 3.93. The molecule has 2 N–H and O–H groups in total. The van der Waals surface area contributed by atoms with Crippen LogP contribution in [-0.4, -0.2) is 41.2 Å². The van der Waals surface area contributed by atoms with Crippen LogP contribution in [0.3, 0.4) is 0 Å². The van der Waals surface area contributed by atoms with Gasteiger partial charge in [-0.15, -0.1) is 0 Å². The number of rotatable bonds is 4. The van der Waals surface area contributed by atoms with Gasteiger partial charge in [0.15, 0.2) is 0 Å². The number of aliphatic carboxylic acids is 1. The first kappa shape index (κ1) is 16.0. The molecule has 3 rings (SSSR count). The summed E-state index contributed by atoms with van der Waals surface area (Å²) in [4.78, 5) is 22.4. The van der Waals surface area contributed by atoms with E-state index in [0.29, 0.717) is 6.04 Å². The van der Waals surface area contributed by atoms with Crippen LogP contribution in [0.1, 0.15) is 49.8 Å². The summed E-state index contributed by atoms with van der Waals surface area (Å²) in [6.07, 6.45) is 7.74. The molecular weight excluding hydrogens is 292 g/mol. The highest BCUT2D eigenvalue weighted by atomic mass is 16.4. The molecule has 0 amide bonds. The molecule has 1 fully saturated rings.